The normalized spacial score (nSPS) is 20.5. The first-order valence-electron chi connectivity index (χ1n) is 11.0. The van der Waals surface area contributed by atoms with Gasteiger partial charge in [0.2, 0.25) is 11.8 Å². The van der Waals surface area contributed by atoms with E-state index in [9.17, 15) is 22.8 Å². The van der Waals surface area contributed by atoms with Crippen LogP contribution < -0.4 is 11.1 Å². The van der Waals surface area contributed by atoms with E-state index in [0.717, 1.165) is 42.1 Å². The van der Waals surface area contributed by atoms with Gasteiger partial charge in [-0.05, 0) is 73.6 Å². The number of hydrogen-bond donors (Lipinski definition) is 3. The summed E-state index contributed by atoms with van der Waals surface area (Å²) < 4.78 is 40.8. The van der Waals surface area contributed by atoms with Crippen LogP contribution in [0.4, 0.5) is 13.2 Å². The topological polar surface area (TPSA) is 88.0 Å². The maximum atomic E-state index is 14.1. The Hall–Kier alpha value is -3.29. The number of benzene rings is 2. The van der Waals surface area contributed by atoms with Gasteiger partial charge < -0.3 is 16.0 Å². The van der Waals surface area contributed by atoms with Gasteiger partial charge in [-0.25, -0.2) is 13.2 Å². The zero-order chi connectivity index (χ0) is 23.8. The molecule has 3 aromatic rings. The van der Waals surface area contributed by atoms with Crippen LogP contribution in [0.25, 0.3) is 22.2 Å². The van der Waals surface area contributed by atoms with Crippen molar-refractivity contribution >= 4 is 22.7 Å². The quantitative estimate of drug-likeness (QED) is 0.522. The Bertz CT molecular complexity index is 1190. The van der Waals surface area contributed by atoms with Gasteiger partial charge in [-0.15, -0.1) is 0 Å². The third-order valence-electron chi connectivity index (χ3n) is 6.69. The van der Waals surface area contributed by atoms with Crippen molar-refractivity contribution in [2.24, 2.45) is 11.1 Å². The van der Waals surface area contributed by atoms with Gasteiger partial charge in [0.05, 0.1) is 16.6 Å². The van der Waals surface area contributed by atoms with Crippen LogP contribution >= 0.6 is 0 Å². The molecule has 1 aliphatic heterocycles. The SMILES string of the molecule is CC1(C(N)=O)CCC(=O)NC1.Fc1ccc(-c2[nH]c3c(F)cc(F)cc3c2C2CCC2)cc1. The molecular weight excluding hydrogens is 431 g/mol. The smallest absolute Gasteiger partial charge is 0.225 e. The van der Waals surface area contributed by atoms with Gasteiger partial charge in [-0.1, -0.05) is 6.42 Å². The Morgan fingerprint density at radius 3 is 2.33 bits per heavy atom. The van der Waals surface area contributed by atoms with Crippen LogP contribution in [0.3, 0.4) is 0 Å². The van der Waals surface area contributed by atoms with Crippen LogP contribution in [-0.2, 0) is 9.59 Å². The molecule has 4 N–H and O–H groups in total. The van der Waals surface area contributed by atoms with E-state index < -0.39 is 17.0 Å². The zero-order valence-corrected chi connectivity index (χ0v) is 18.3. The second-order valence-electron chi connectivity index (χ2n) is 9.06. The molecule has 2 aromatic carbocycles. The molecule has 2 aliphatic rings. The fraction of sp³-hybridized carbons (Fsp3) is 0.360. The minimum atomic E-state index is -0.594. The highest BCUT2D eigenvalue weighted by Crippen LogP contribution is 2.45. The summed E-state index contributed by atoms with van der Waals surface area (Å²) in [5.41, 5.74) is 7.45. The second-order valence-corrected chi connectivity index (χ2v) is 9.06. The van der Waals surface area contributed by atoms with Crippen molar-refractivity contribution in [2.45, 2.75) is 44.9 Å². The molecule has 1 atom stereocenters. The van der Waals surface area contributed by atoms with Crippen molar-refractivity contribution in [1.29, 1.82) is 0 Å². The molecule has 1 saturated carbocycles. The van der Waals surface area contributed by atoms with Gasteiger partial charge in [-0.3, -0.25) is 9.59 Å². The van der Waals surface area contributed by atoms with E-state index in [2.05, 4.69) is 10.3 Å². The lowest BCUT2D eigenvalue weighted by Gasteiger charge is -2.30. The fourth-order valence-electron chi connectivity index (χ4n) is 4.28. The van der Waals surface area contributed by atoms with Crippen LogP contribution in [0.1, 0.15) is 50.5 Å². The number of nitrogens with two attached hydrogens (primary N) is 1. The number of primary amides is 1. The molecule has 0 radical (unpaired) electrons. The van der Waals surface area contributed by atoms with Crippen molar-refractivity contribution in [3.05, 3.63) is 59.4 Å². The third-order valence-corrected chi connectivity index (χ3v) is 6.69. The van der Waals surface area contributed by atoms with Crippen LogP contribution in [0, 0.1) is 22.9 Å². The van der Waals surface area contributed by atoms with E-state index in [1.807, 2.05) is 0 Å². The number of carbonyl (C=O) groups excluding carboxylic acids is 2. The highest BCUT2D eigenvalue weighted by molar-refractivity contribution is 5.92. The first-order chi connectivity index (χ1) is 15.7. The molecule has 33 heavy (non-hydrogen) atoms. The Balaban J connectivity index is 0.000000200. The zero-order valence-electron chi connectivity index (χ0n) is 18.3. The molecule has 5 rings (SSSR count). The predicted molar refractivity (Wildman–Crippen MR) is 120 cm³/mol. The number of carbonyl (C=O) groups is 2. The molecule has 0 spiro atoms. The molecule has 2 fully saturated rings. The molecule has 1 aliphatic carbocycles. The van der Waals surface area contributed by atoms with Gasteiger partial charge in [-0.2, -0.15) is 0 Å². The number of H-pyrrole nitrogens is 1. The Morgan fingerprint density at radius 2 is 1.79 bits per heavy atom. The molecule has 1 saturated heterocycles. The second kappa shape index (κ2) is 8.92. The van der Waals surface area contributed by atoms with Gasteiger partial charge in [0.15, 0.2) is 0 Å². The average Bonchev–Trinajstić information content (AvgIpc) is 3.09. The van der Waals surface area contributed by atoms with Crippen LogP contribution in [-0.4, -0.2) is 23.3 Å². The highest BCUT2D eigenvalue weighted by atomic mass is 19.1. The number of aromatic nitrogens is 1. The van der Waals surface area contributed by atoms with E-state index >= 15 is 0 Å². The summed E-state index contributed by atoms with van der Waals surface area (Å²) in [5.74, 6) is -1.52. The number of rotatable bonds is 3. The standard InChI is InChI=1S/C18H14F3N.C7H12N2O2/c19-12-6-4-11(5-7-12)17-16(10-2-1-3-10)14-8-13(20)9-15(21)18(14)22-17;1-7(6(8)11)3-2-5(10)9-4-7/h4-10,22H,1-3H2;2-4H2,1H3,(H2,8,11)(H,9,10). The molecule has 2 amide bonds. The van der Waals surface area contributed by atoms with Crippen LogP contribution in [0.2, 0.25) is 0 Å². The summed E-state index contributed by atoms with van der Waals surface area (Å²) in [6, 6.07) is 8.35. The maximum Gasteiger partial charge on any atom is 0.225 e. The van der Waals surface area contributed by atoms with Gasteiger partial charge in [0.25, 0.3) is 0 Å². The summed E-state index contributed by atoms with van der Waals surface area (Å²) in [4.78, 5) is 24.6. The average molecular weight is 457 g/mol. The van der Waals surface area contributed by atoms with Crippen molar-refractivity contribution in [2.75, 3.05) is 6.54 Å². The first kappa shape index (κ1) is 22.9. The summed E-state index contributed by atoms with van der Waals surface area (Å²) >= 11 is 0. The monoisotopic (exact) mass is 457 g/mol. The summed E-state index contributed by atoms with van der Waals surface area (Å²) in [5, 5.41) is 3.21. The van der Waals surface area contributed by atoms with Gasteiger partial charge >= 0.3 is 0 Å². The van der Waals surface area contributed by atoms with Crippen LogP contribution in [0.15, 0.2) is 36.4 Å². The summed E-state index contributed by atoms with van der Waals surface area (Å²) in [6.07, 6.45) is 4.12. The van der Waals surface area contributed by atoms with E-state index in [0.29, 0.717) is 36.2 Å². The van der Waals surface area contributed by atoms with E-state index in [4.69, 9.17) is 5.73 Å². The third kappa shape index (κ3) is 4.60. The lowest BCUT2D eigenvalue weighted by Crippen LogP contribution is -2.48. The highest BCUT2D eigenvalue weighted by Gasteiger charge is 2.35. The molecule has 8 heteroatoms. The molecule has 2 heterocycles. The van der Waals surface area contributed by atoms with E-state index in [1.165, 1.54) is 18.2 Å². The van der Waals surface area contributed by atoms with E-state index in [1.54, 1.807) is 19.1 Å². The molecular formula is C25H26F3N3O2. The Morgan fingerprint density at radius 1 is 1.09 bits per heavy atom. The molecule has 1 unspecified atom stereocenters. The summed E-state index contributed by atoms with van der Waals surface area (Å²) in [7, 11) is 0. The number of nitrogens with one attached hydrogen (secondary N) is 2. The Labute approximate surface area is 189 Å². The molecule has 1 aromatic heterocycles. The number of fused-ring (bicyclic) bond motifs is 1. The van der Waals surface area contributed by atoms with Gasteiger partial charge in [0.1, 0.15) is 17.5 Å². The molecule has 5 nitrogen and oxygen atoms in total. The number of halogens is 3. The van der Waals surface area contributed by atoms with Crippen molar-refractivity contribution < 1.29 is 22.8 Å². The number of hydrogen-bond acceptors (Lipinski definition) is 2. The van der Waals surface area contributed by atoms with Crippen molar-refractivity contribution in [1.82, 2.24) is 10.3 Å². The molecule has 0 bridgehead atoms. The van der Waals surface area contributed by atoms with E-state index in [-0.39, 0.29) is 17.6 Å². The van der Waals surface area contributed by atoms with Crippen LogP contribution in [0.5, 0.6) is 0 Å². The largest absolute Gasteiger partial charge is 0.369 e. The van der Waals surface area contributed by atoms with Crippen molar-refractivity contribution in [3.63, 3.8) is 0 Å². The summed E-state index contributed by atoms with van der Waals surface area (Å²) in [6.45, 7) is 2.15. The number of amides is 2. The van der Waals surface area contributed by atoms with Crippen molar-refractivity contribution in [3.8, 4) is 11.3 Å². The predicted octanol–water partition coefficient (Wildman–Crippen LogP) is 4.91. The maximum absolute atomic E-state index is 14.1. The lowest BCUT2D eigenvalue weighted by atomic mass is 9.78. The minimum Gasteiger partial charge on any atom is -0.369 e. The minimum absolute atomic E-state index is 0.00345. The first-order valence-corrected chi connectivity index (χ1v) is 11.0. The number of piperidine rings is 1. The Kier molecular flexibility index (Phi) is 6.19. The molecule has 174 valence electrons. The van der Waals surface area contributed by atoms with Gasteiger partial charge in [0, 0.05) is 24.4 Å². The lowest BCUT2D eigenvalue weighted by molar-refractivity contribution is -0.132. The number of aromatic amines is 1. The fourth-order valence-corrected chi connectivity index (χ4v) is 4.28.